The molecule has 2 amide bonds. The van der Waals surface area contributed by atoms with Crippen LogP contribution in [0, 0.1) is 0 Å². The van der Waals surface area contributed by atoms with E-state index in [1.54, 1.807) is 68.4 Å². The van der Waals surface area contributed by atoms with Crippen molar-refractivity contribution in [3.05, 3.63) is 18.5 Å². The van der Waals surface area contributed by atoms with Crippen molar-refractivity contribution in [3.63, 3.8) is 0 Å². The van der Waals surface area contributed by atoms with Gasteiger partial charge >= 0.3 is 18.2 Å². The van der Waals surface area contributed by atoms with Crippen LogP contribution in [0.5, 0.6) is 0 Å². The van der Waals surface area contributed by atoms with Crippen LogP contribution in [0.3, 0.4) is 0 Å². The van der Waals surface area contributed by atoms with Gasteiger partial charge in [-0.25, -0.2) is 19.2 Å². The van der Waals surface area contributed by atoms with E-state index in [0.717, 1.165) is 4.90 Å². The Kier molecular flexibility index (Phi) is 8.99. The third-order valence-electron chi connectivity index (χ3n) is 3.33. The van der Waals surface area contributed by atoms with Crippen LogP contribution in [0.15, 0.2) is 23.5 Å². The van der Waals surface area contributed by atoms with E-state index in [4.69, 9.17) is 14.2 Å². The molecule has 0 bridgehead atoms. The second kappa shape index (κ2) is 10.6. The van der Waals surface area contributed by atoms with E-state index in [9.17, 15) is 14.4 Å². The molecule has 0 aromatic carbocycles. The van der Waals surface area contributed by atoms with Gasteiger partial charge in [0, 0.05) is 25.4 Å². The normalized spacial score (nSPS) is 12.8. The van der Waals surface area contributed by atoms with Crippen LogP contribution in [-0.4, -0.2) is 62.1 Å². The van der Waals surface area contributed by atoms with Crippen LogP contribution in [0.2, 0.25) is 0 Å². The van der Waals surface area contributed by atoms with Gasteiger partial charge in [0.15, 0.2) is 0 Å². The number of hydrogen-bond donors (Lipinski definition) is 0. The summed E-state index contributed by atoms with van der Waals surface area (Å²) in [4.78, 5) is 42.6. The number of nitrogens with zero attached hydrogens (tertiary/aromatic N) is 4. The third kappa shape index (κ3) is 10.9. The van der Waals surface area contributed by atoms with Crippen molar-refractivity contribution in [1.29, 1.82) is 0 Å². The molecule has 0 aliphatic rings. The number of aliphatic imine (C=N–C) groups is 1. The lowest BCUT2D eigenvalue weighted by atomic mass is 10.2. The highest BCUT2D eigenvalue weighted by molar-refractivity contribution is 5.99. The Morgan fingerprint density at radius 1 is 0.906 bits per heavy atom. The van der Waals surface area contributed by atoms with Crippen molar-refractivity contribution in [2.45, 2.75) is 92.0 Å². The molecule has 10 nitrogen and oxygen atoms in total. The lowest BCUT2D eigenvalue weighted by molar-refractivity contribution is -0.155. The maximum absolute atomic E-state index is 13.0. The van der Waals surface area contributed by atoms with Crippen LogP contribution in [-0.2, 0) is 19.0 Å². The fourth-order valence-electron chi connectivity index (χ4n) is 2.35. The van der Waals surface area contributed by atoms with Crippen molar-refractivity contribution in [2.75, 3.05) is 6.54 Å². The quantitative estimate of drug-likeness (QED) is 0.288. The van der Waals surface area contributed by atoms with Crippen LogP contribution >= 0.6 is 0 Å². The Hall–Kier alpha value is -2.91. The van der Waals surface area contributed by atoms with E-state index < -0.39 is 35.0 Å². The van der Waals surface area contributed by atoms with E-state index in [0.29, 0.717) is 0 Å². The summed E-state index contributed by atoms with van der Waals surface area (Å²) < 4.78 is 17.4. The van der Waals surface area contributed by atoms with Crippen LogP contribution in [0.25, 0.3) is 0 Å². The summed E-state index contributed by atoms with van der Waals surface area (Å²) in [5.74, 6) is -0.492. The van der Waals surface area contributed by atoms with Gasteiger partial charge in [0.05, 0.1) is 0 Å². The molecule has 0 atom stereocenters. The van der Waals surface area contributed by atoms with E-state index in [1.807, 2.05) is 0 Å². The Bertz CT molecular complexity index is 811. The van der Waals surface area contributed by atoms with Gasteiger partial charge in [-0.1, -0.05) is 0 Å². The fourth-order valence-corrected chi connectivity index (χ4v) is 2.35. The van der Waals surface area contributed by atoms with Crippen molar-refractivity contribution in [3.8, 4) is 0 Å². The highest BCUT2D eigenvalue weighted by Gasteiger charge is 2.29. The molecule has 0 N–H and O–H groups in total. The molecular weight excluding hydrogens is 416 g/mol. The lowest BCUT2D eigenvalue weighted by Gasteiger charge is -2.28. The number of esters is 1. The monoisotopic (exact) mass is 452 g/mol. The third-order valence-corrected chi connectivity index (χ3v) is 3.33. The van der Waals surface area contributed by atoms with Crippen molar-refractivity contribution in [1.82, 2.24) is 14.7 Å². The number of rotatable bonds is 4. The summed E-state index contributed by atoms with van der Waals surface area (Å²) in [6, 6.07) is 1.62. The minimum absolute atomic E-state index is 0.0373. The molecule has 0 fully saturated rings. The number of carbonyl (C=O) groups excluding carboxylic acids is 3. The molecule has 180 valence electrons. The SMILES string of the molecule is CC(C)(C)OC(=O)CCCN(C(=O)OC(C)(C)C)/C(=N\C(=O)OC(C)(C)C)n1cccn1. The first-order chi connectivity index (χ1) is 14.5. The van der Waals surface area contributed by atoms with Gasteiger partial charge < -0.3 is 14.2 Å². The Morgan fingerprint density at radius 2 is 1.47 bits per heavy atom. The molecule has 1 heterocycles. The van der Waals surface area contributed by atoms with Gasteiger partial charge in [0.1, 0.15) is 16.8 Å². The number of amides is 2. The Balaban J connectivity index is 3.19. The lowest BCUT2D eigenvalue weighted by Crippen LogP contribution is -2.45. The molecular formula is C22H36N4O6. The molecule has 0 aliphatic heterocycles. The average molecular weight is 453 g/mol. The summed E-state index contributed by atoms with van der Waals surface area (Å²) in [5, 5.41) is 4.09. The molecule has 1 rings (SSSR count). The highest BCUT2D eigenvalue weighted by Crippen LogP contribution is 2.15. The largest absolute Gasteiger partial charge is 0.460 e. The van der Waals surface area contributed by atoms with Crippen molar-refractivity contribution in [2.24, 2.45) is 4.99 Å². The molecule has 0 saturated carbocycles. The fraction of sp³-hybridized carbons (Fsp3) is 0.682. The van der Waals surface area contributed by atoms with Crippen LogP contribution < -0.4 is 0 Å². The van der Waals surface area contributed by atoms with E-state index in [1.165, 1.54) is 17.1 Å². The first kappa shape index (κ1) is 27.1. The van der Waals surface area contributed by atoms with Crippen LogP contribution in [0.1, 0.15) is 75.2 Å². The number of hydrogen-bond acceptors (Lipinski definition) is 7. The molecule has 1 aromatic heterocycles. The van der Waals surface area contributed by atoms with Crippen molar-refractivity contribution < 1.29 is 28.6 Å². The molecule has 10 heteroatoms. The predicted octanol–water partition coefficient (Wildman–Crippen LogP) is 4.38. The smallest absolute Gasteiger partial charge is 0.437 e. The number of aromatic nitrogens is 2. The predicted molar refractivity (Wildman–Crippen MR) is 119 cm³/mol. The minimum atomic E-state index is -0.885. The molecule has 0 saturated heterocycles. The minimum Gasteiger partial charge on any atom is -0.460 e. The molecule has 32 heavy (non-hydrogen) atoms. The zero-order valence-electron chi connectivity index (χ0n) is 20.6. The summed E-state index contributed by atoms with van der Waals surface area (Å²) in [6.45, 7) is 15.7. The van der Waals surface area contributed by atoms with E-state index in [-0.39, 0.29) is 25.3 Å². The highest BCUT2D eigenvalue weighted by atomic mass is 16.6. The zero-order chi connectivity index (χ0) is 24.7. The summed E-state index contributed by atoms with van der Waals surface area (Å²) >= 11 is 0. The van der Waals surface area contributed by atoms with E-state index in [2.05, 4.69) is 10.1 Å². The number of carbonyl (C=O) groups is 3. The first-order valence-corrected chi connectivity index (χ1v) is 10.5. The Morgan fingerprint density at radius 3 is 1.94 bits per heavy atom. The molecule has 0 unspecified atom stereocenters. The molecule has 1 aromatic rings. The summed E-state index contributed by atoms with van der Waals surface area (Å²) in [6.07, 6.45) is 1.72. The maximum Gasteiger partial charge on any atom is 0.437 e. The first-order valence-electron chi connectivity index (χ1n) is 10.5. The summed E-state index contributed by atoms with van der Waals surface area (Å²) in [5.41, 5.74) is -2.18. The van der Waals surface area contributed by atoms with Gasteiger partial charge in [0.2, 0.25) is 5.96 Å². The van der Waals surface area contributed by atoms with Gasteiger partial charge in [0.25, 0.3) is 0 Å². The van der Waals surface area contributed by atoms with E-state index >= 15 is 0 Å². The maximum atomic E-state index is 13.0. The molecule has 0 aliphatic carbocycles. The second-order valence-electron chi connectivity index (χ2n) is 10.2. The summed E-state index contributed by atoms with van der Waals surface area (Å²) in [7, 11) is 0. The molecule has 0 radical (unpaired) electrons. The van der Waals surface area contributed by atoms with Crippen molar-refractivity contribution >= 4 is 24.1 Å². The zero-order valence-corrected chi connectivity index (χ0v) is 20.6. The topological polar surface area (TPSA) is 112 Å². The van der Waals surface area contributed by atoms with Gasteiger partial charge in [-0.05, 0) is 74.8 Å². The number of ether oxygens (including phenoxy) is 3. The Labute approximate surface area is 189 Å². The van der Waals surface area contributed by atoms with Gasteiger partial charge in [-0.2, -0.15) is 5.10 Å². The molecule has 0 spiro atoms. The average Bonchev–Trinajstić information content (AvgIpc) is 3.06. The van der Waals surface area contributed by atoms with Gasteiger partial charge in [-0.15, -0.1) is 4.99 Å². The van der Waals surface area contributed by atoms with Gasteiger partial charge in [-0.3, -0.25) is 4.79 Å². The second-order valence-corrected chi connectivity index (χ2v) is 10.2. The van der Waals surface area contributed by atoms with Crippen LogP contribution in [0.4, 0.5) is 9.59 Å². The standard InChI is InChI=1S/C22H36N4O6/c1-20(2,3)30-16(27)12-10-14-25(19(29)32-22(7,8)9)17(26-15-11-13-23-26)24-18(28)31-21(4,5)6/h11,13,15H,10,12,14H2,1-9H3/b24-17+.